The van der Waals surface area contributed by atoms with Gasteiger partial charge >= 0.3 is 6.03 Å². The van der Waals surface area contributed by atoms with E-state index < -0.39 is 6.03 Å². The molecule has 3 amide bonds. The number of nitrogens with zero attached hydrogens (tertiary/aromatic N) is 1. The van der Waals surface area contributed by atoms with Crippen molar-refractivity contribution in [3.63, 3.8) is 0 Å². The number of rotatable bonds is 3. The van der Waals surface area contributed by atoms with Crippen LogP contribution in [0.3, 0.4) is 0 Å². The number of imide groups is 1. The second-order valence-corrected chi connectivity index (χ2v) is 5.37. The van der Waals surface area contributed by atoms with Gasteiger partial charge in [-0.1, -0.05) is 18.2 Å². The second kappa shape index (κ2) is 5.94. The summed E-state index contributed by atoms with van der Waals surface area (Å²) in [6, 6.07) is 7.26. The van der Waals surface area contributed by atoms with Gasteiger partial charge in [-0.15, -0.1) is 0 Å². The van der Waals surface area contributed by atoms with Crippen molar-refractivity contribution >= 4 is 17.6 Å². The van der Waals surface area contributed by atoms with Crippen molar-refractivity contribution in [2.75, 3.05) is 11.4 Å². The van der Waals surface area contributed by atoms with Crippen LogP contribution < -0.4 is 15.5 Å². The van der Waals surface area contributed by atoms with E-state index in [9.17, 15) is 9.59 Å². The molecular formula is C15H21N3O2. The van der Waals surface area contributed by atoms with E-state index in [1.165, 1.54) is 5.56 Å². The van der Waals surface area contributed by atoms with E-state index in [4.69, 9.17) is 0 Å². The van der Waals surface area contributed by atoms with Crippen LogP contribution in [0.4, 0.5) is 10.5 Å². The summed E-state index contributed by atoms with van der Waals surface area (Å²) in [6.07, 6.45) is 0.936. The fourth-order valence-electron chi connectivity index (χ4n) is 2.42. The first-order valence-corrected chi connectivity index (χ1v) is 6.95. The lowest BCUT2D eigenvalue weighted by molar-refractivity contribution is -0.120. The Labute approximate surface area is 119 Å². The molecule has 1 heterocycles. The number of anilines is 1. The Morgan fingerprint density at radius 3 is 2.60 bits per heavy atom. The topological polar surface area (TPSA) is 61.4 Å². The van der Waals surface area contributed by atoms with Gasteiger partial charge in [0.15, 0.2) is 0 Å². The van der Waals surface area contributed by atoms with E-state index in [2.05, 4.69) is 16.7 Å². The first kappa shape index (κ1) is 14.4. The van der Waals surface area contributed by atoms with E-state index in [-0.39, 0.29) is 18.0 Å². The number of hydrogen-bond acceptors (Lipinski definition) is 3. The molecule has 1 aliphatic rings. The zero-order chi connectivity index (χ0) is 14.7. The molecule has 0 unspecified atom stereocenters. The largest absolute Gasteiger partial charge is 0.359 e. The Bertz CT molecular complexity index is 514. The molecule has 0 saturated carbocycles. The van der Waals surface area contributed by atoms with Gasteiger partial charge < -0.3 is 10.2 Å². The molecule has 0 spiro atoms. The number of carbonyl (C=O) groups excluding carboxylic acids is 2. The van der Waals surface area contributed by atoms with E-state index in [1.54, 1.807) is 0 Å². The molecule has 1 aliphatic heterocycles. The van der Waals surface area contributed by atoms with Crippen molar-refractivity contribution in [3.05, 3.63) is 29.8 Å². The first-order chi connectivity index (χ1) is 9.49. The molecule has 5 nitrogen and oxygen atoms in total. The Hall–Kier alpha value is -2.04. The molecule has 1 aromatic rings. The Balaban J connectivity index is 2.00. The number of urea groups is 1. The van der Waals surface area contributed by atoms with Gasteiger partial charge in [-0.25, -0.2) is 4.79 Å². The lowest BCUT2D eigenvalue weighted by Crippen LogP contribution is -2.50. The summed E-state index contributed by atoms with van der Waals surface area (Å²) in [7, 11) is 0. The van der Waals surface area contributed by atoms with Crippen LogP contribution in [-0.4, -0.2) is 30.6 Å². The molecule has 20 heavy (non-hydrogen) atoms. The molecule has 108 valence electrons. The molecule has 0 aromatic heterocycles. The monoisotopic (exact) mass is 275 g/mol. The van der Waals surface area contributed by atoms with Crippen LogP contribution in [0.1, 0.15) is 26.3 Å². The molecule has 0 fully saturated rings. The average molecular weight is 275 g/mol. The third kappa shape index (κ3) is 3.10. The number of para-hydroxylation sites is 1. The summed E-state index contributed by atoms with van der Waals surface area (Å²) in [5, 5.41) is 5.04. The molecular weight excluding hydrogens is 254 g/mol. The SMILES string of the molecule is CC(C)NC(=O)NC(=O)[C@@H](C)N1CCc2ccccc21. The predicted molar refractivity (Wildman–Crippen MR) is 78.8 cm³/mol. The first-order valence-electron chi connectivity index (χ1n) is 6.95. The maximum atomic E-state index is 12.1. The number of carbonyl (C=O) groups is 2. The van der Waals surface area contributed by atoms with Crippen LogP contribution >= 0.6 is 0 Å². The molecule has 2 rings (SSSR count). The quantitative estimate of drug-likeness (QED) is 0.882. The van der Waals surface area contributed by atoms with Gasteiger partial charge in [-0.2, -0.15) is 0 Å². The van der Waals surface area contributed by atoms with Crippen LogP contribution in [0.15, 0.2) is 24.3 Å². The van der Waals surface area contributed by atoms with E-state index >= 15 is 0 Å². The summed E-state index contributed by atoms with van der Waals surface area (Å²) < 4.78 is 0. The molecule has 2 N–H and O–H groups in total. The normalized spacial score (nSPS) is 14.9. The average Bonchev–Trinajstić information content (AvgIpc) is 2.80. The fourth-order valence-corrected chi connectivity index (χ4v) is 2.42. The van der Waals surface area contributed by atoms with Crippen molar-refractivity contribution in [2.24, 2.45) is 0 Å². The standard InChI is InChI=1S/C15H21N3O2/c1-10(2)16-15(20)17-14(19)11(3)18-9-8-12-6-4-5-7-13(12)18/h4-7,10-11H,8-9H2,1-3H3,(H2,16,17,19,20)/t11-/m1/s1. The zero-order valence-corrected chi connectivity index (χ0v) is 12.1. The minimum atomic E-state index is -0.440. The third-order valence-electron chi connectivity index (χ3n) is 3.43. The highest BCUT2D eigenvalue weighted by Crippen LogP contribution is 2.29. The molecule has 0 saturated heterocycles. The minimum absolute atomic E-state index is 0.00520. The number of hydrogen-bond donors (Lipinski definition) is 2. The van der Waals surface area contributed by atoms with Crippen LogP contribution in [0.25, 0.3) is 0 Å². The number of nitrogens with one attached hydrogen (secondary N) is 2. The molecule has 1 atom stereocenters. The summed E-state index contributed by atoms with van der Waals surface area (Å²) >= 11 is 0. The Morgan fingerprint density at radius 1 is 1.20 bits per heavy atom. The summed E-state index contributed by atoms with van der Waals surface area (Å²) in [6.45, 7) is 6.33. The Kier molecular flexibility index (Phi) is 4.27. The highest BCUT2D eigenvalue weighted by atomic mass is 16.2. The third-order valence-corrected chi connectivity index (χ3v) is 3.43. The van der Waals surface area contributed by atoms with Crippen LogP contribution in [0.5, 0.6) is 0 Å². The highest BCUT2D eigenvalue weighted by Gasteiger charge is 2.28. The molecule has 0 radical (unpaired) electrons. The fraction of sp³-hybridized carbons (Fsp3) is 0.467. The van der Waals surface area contributed by atoms with Gasteiger partial charge in [0, 0.05) is 18.3 Å². The lowest BCUT2D eigenvalue weighted by Gasteiger charge is -2.26. The molecule has 0 aliphatic carbocycles. The molecule has 5 heteroatoms. The minimum Gasteiger partial charge on any atom is -0.359 e. The number of benzene rings is 1. The van der Waals surface area contributed by atoms with Crippen molar-refractivity contribution in [3.8, 4) is 0 Å². The predicted octanol–water partition coefficient (Wildman–Crippen LogP) is 1.67. The van der Waals surface area contributed by atoms with Gasteiger partial charge in [0.25, 0.3) is 0 Å². The van der Waals surface area contributed by atoms with E-state index in [1.807, 2.05) is 43.9 Å². The van der Waals surface area contributed by atoms with Crippen molar-refractivity contribution in [1.29, 1.82) is 0 Å². The highest BCUT2D eigenvalue weighted by molar-refractivity contribution is 5.98. The van der Waals surface area contributed by atoms with Gasteiger partial charge in [0.2, 0.25) is 5.91 Å². The zero-order valence-electron chi connectivity index (χ0n) is 12.1. The van der Waals surface area contributed by atoms with Crippen molar-refractivity contribution < 1.29 is 9.59 Å². The van der Waals surface area contributed by atoms with Crippen LogP contribution in [0, 0.1) is 0 Å². The maximum Gasteiger partial charge on any atom is 0.321 e. The Morgan fingerprint density at radius 2 is 1.90 bits per heavy atom. The van der Waals surface area contributed by atoms with Crippen LogP contribution in [-0.2, 0) is 11.2 Å². The molecule has 0 bridgehead atoms. The number of amides is 3. The van der Waals surface area contributed by atoms with Crippen molar-refractivity contribution in [1.82, 2.24) is 10.6 Å². The van der Waals surface area contributed by atoms with E-state index in [0.717, 1.165) is 18.7 Å². The van der Waals surface area contributed by atoms with Gasteiger partial charge in [0.05, 0.1) is 0 Å². The van der Waals surface area contributed by atoms with Gasteiger partial charge in [-0.3, -0.25) is 10.1 Å². The van der Waals surface area contributed by atoms with Gasteiger partial charge in [0.1, 0.15) is 6.04 Å². The summed E-state index contributed by atoms with van der Waals surface area (Å²) in [5.41, 5.74) is 2.33. The van der Waals surface area contributed by atoms with Gasteiger partial charge in [-0.05, 0) is 38.8 Å². The van der Waals surface area contributed by atoms with E-state index in [0.29, 0.717) is 0 Å². The van der Waals surface area contributed by atoms with Crippen LogP contribution in [0.2, 0.25) is 0 Å². The number of fused-ring (bicyclic) bond motifs is 1. The summed E-state index contributed by atoms with van der Waals surface area (Å²) in [5.74, 6) is -0.278. The smallest absolute Gasteiger partial charge is 0.321 e. The lowest BCUT2D eigenvalue weighted by atomic mass is 10.2. The van der Waals surface area contributed by atoms with Crippen molar-refractivity contribution in [2.45, 2.75) is 39.3 Å². The second-order valence-electron chi connectivity index (χ2n) is 5.37. The maximum absolute atomic E-state index is 12.1. The molecule has 1 aromatic carbocycles. The summed E-state index contributed by atoms with van der Waals surface area (Å²) in [4.78, 5) is 25.7.